The van der Waals surface area contributed by atoms with E-state index in [-0.39, 0.29) is 17.6 Å². The van der Waals surface area contributed by atoms with Crippen LogP contribution in [0.25, 0.3) is 0 Å². The van der Waals surface area contributed by atoms with E-state index in [4.69, 9.17) is 9.47 Å². The summed E-state index contributed by atoms with van der Waals surface area (Å²) in [6.45, 7) is 2.77. The molecule has 1 atom stereocenters. The van der Waals surface area contributed by atoms with Crippen molar-refractivity contribution in [3.63, 3.8) is 0 Å². The number of amides is 1. The van der Waals surface area contributed by atoms with Crippen LogP contribution in [0.5, 0.6) is 5.88 Å². The molecule has 0 bridgehead atoms. The van der Waals surface area contributed by atoms with Crippen molar-refractivity contribution >= 4 is 5.91 Å². The quantitative estimate of drug-likeness (QED) is 0.790. The van der Waals surface area contributed by atoms with E-state index in [0.717, 1.165) is 19.4 Å². The van der Waals surface area contributed by atoms with Crippen LogP contribution in [0, 0.1) is 0 Å². The van der Waals surface area contributed by atoms with Crippen LogP contribution in [0.4, 0.5) is 0 Å². The van der Waals surface area contributed by atoms with Gasteiger partial charge in [-0.15, -0.1) is 0 Å². The Morgan fingerprint density at radius 1 is 1.48 bits per heavy atom. The Labute approximate surface area is 136 Å². The van der Waals surface area contributed by atoms with Gasteiger partial charge >= 0.3 is 0 Å². The van der Waals surface area contributed by atoms with Gasteiger partial charge in [0.05, 0.1) is 25.9 Å². The van der Waals surface area contributed by atoms with Crippen LogP contribution in [0.15, 0.2) is 18.6 Å². The van der Waals surface area contributed by atoms with Crippen molar-refractivity contribution in [1.82, 2.24) is 19.8 Å². The minimum absolute atomic E-state index is 0.0690. The zero-order valence-corrected chi connectivity index (χ0v) is 13.8. The molecule has 1 aromatic rings. The molecular formula is C16H24N4O3. The number of rotatable bonds is 5. The highest BCUT2D eigenvalue weighted by molar-refractivity contribution is 5.77. The third-order valence-electron chi connectivity index (χ3n) is 4.36. The second-order valence-electron chi connectivity index (χ2n) is 6.61. The lowest BCUT2D eigenvalue weighted by atomic mass is 9.84. The Balaban J connectivity index is 1.49. The van der Waals surface area contributed by atoms with Crippen LogP contribution < -0.4 is 4.74 Å². The van der Waals surface area contributed by atoms with Crippen LogP contribution in [0.2, 0.25) is 0 Å². The monoisotopic (exact) mass is 320 g/mol. The minimum atomic E-state index is -0.237. The molecule has 2 aliphatic rings. The van der Waals surface area contributed by atoms with Crippen LogP contribution in [0.1, 0.15) is 19.3 Å². The van der Waals surface area contributed by atoms with Crippen molar-refractivity contribution in [3.05, 3.63) is 18.6 Å². The van der Waals surface area contributed by atoms with Gasteiger partial charge in [0.25, 0.3) is 0 Å². The maximum absolute atomic E-state index is 12.1. The van der Waals surface area contributed by atoms with E-state index >= 15 is 0 Å². The summed E-state index contributed by atoms with van der Waals surface area (Å²) < 4.78 is 11.9. The number of carbonyl (C=O) groups is 1. The van der Waals surface area contributed by atoms with Gasteiger partial charge in [-0.3, -0.25) is 9.78 Å². The molecule has 2 saturated heterocycles. The second kappa shape index (κ2) is 6.80. The summed E-state index contributed by atoms with van der Waals surface area (Å²) >= 11 is 0. The van der Waals surface area contributed by atoms with Crippen LogP contribution in [-0.4, -0.2) is 77.7 Å². The predicted molar refractivity (Wildman–Crippen MR) is 84.1 cm³/mol. The van der Waals surface area contributed by atoms with Crippen molar-refractivity contribution in [2.45, 2.75) is 31.0 Å². The predicted octanol–water partition coefficient (Wildman–Crippen LogP) is 0.567. The molecule has 0 N–H and O–H groups in total. The number of nitrogens with zero attached hydrogens (tertiary/aromatic N) is 4. The van der Waals surface area contributed by atoms with Crippen LogP contribution in [-0.2, 0) is 9.53 Å². The van der Waals surface area contributed by atoms with Crippen molar-refractivity contribution in [3.8, 4) is 5.88 Å². The Bertz CT molecular complexity index is 531. The Morgan fingerprint density at radius 2 is 2.30 bits per heavy atom. The average Bonchev–Trinajstić information content (AvgIpc) is 2.51. The van der Waals surface area contributed by atoms with Crippen molar-refractivity contribution in [2.24, 2.45) is 0 Å². The fraction of sp³-hybridized carbons (Fsp3) is 0.688. The lowest BCUT2D eigenvalue weighted by Gasteiger charge is -2.52. The number of carbonyl (C=O) groups excluding carboxylic acids is 1. The lowest BCUT2D eigenvalue weighted by molar-refractivity contribution is -0.193. The van der Waals surface area contributed by atoms with E-state index in [1.54, 1.807) is 18.6 Å². The first kappa shape index (κ1) is 16.1. The summed E-state index contributed by atoms with van der Waals surface area (Å²) in [7, 11) is 3.95. The van der Waals surface area contributed by atoms with E-state index in [1.807, 2.05) is 23.9 Å². The summed E-state index contributed by atoms with van der Waals surface area (Å²) in [4.78, 5) is 24.2. The van der Waals surface area contributed by atoms with Gasteiger partial charge in [-0.1, -0.05) is 0 Å². The number of ether oxygens (including phenoxy) is 2. The standard InChI is InChI=1S/C16H24N4O3/c1-19(2)7-3-15(21)20-11-16(12-20)9-13(4-8-22-16)23-14-10-17-5-6-18-14/h5-6,10,13H,3-4,7-9,11-12H2,1-2H3. The number of likely N-dealkylation sites (tertiary alicyclic amines) is 1. The van der Waals surface area contributed by atoms with Gasteiger partial charge in [-0.25, -0.2) is 4.98 Å². The van der Waals surface area contributed by atoms with Crippen molar-refractivity contribution in [1.29, 1.82) is 0 Å². The summed E-state index contributed by atoms with van der Waals surface area (Å²) in [5.74, 6) is 0.748. The van der Waals surface area contributed by atoms with Crippen LogP contribution in [0.3, 0.4) is 0 Å². The average molecular weight is 320 g/mol. The molecule has 1 amide bonds. The molecule has 1 aromatic heterocycles. The molecule has 7 nitrogen and oxygen atoms in total. The van der Waals surface area contributed by atoms with E-state index < -0.39 is 0 Å². The van der Waals surface area contributed by atoms with E-state index in [9.17, 15) is 4.79 Å². The Kier molecular flexibility index (Phi) is 4.77. The van der Waals surface area contributed by atoms with Crippen LogP contribution >= 0.6 is 0 Å². The molecule has 1 spiro atoms. The van der Waals surface area contributed by atoms with Gasteiger partial charge in [-0.2, -0.15) is 0 Å². The molecule has 0 aliphatic carbocycles. The highest BCUT2D eigenvalue weighted by Gasteiger charge is 2.49. The zero-order valence-electron chi connectivity index (χ0n) is 13.8. The first-order chi connectivity index (χ1) is 11.1. The highest BCUT2D eigenvalue weighted by atomic mass is 16.5. The SMILES string of the molecule is CN(C)CCC(=O)N1CC2(CC(Oc3cnccn3)CCO2)C1. The molecule has 7 heteroatoms. The van der Waals surface area contributed by atoms with Gasteiger partial charge in [0.1, 0.15) is 11.7 Å². The fourth-order valence-electron chi connectivity index (χ4n) is 3.12. The summed E-state index contributed by atoms with van der Waals surface area (Å²) in [6.07, 6.45) is 7.14. The van der Waals surface area contributed by atoms with E-state index in [2.05, 4.69) is 9.97 Å². The molecule has 126 valence electrons. The van der Waals surface area contributed by atoms with Gasteiger partial charge < -0.3 is 19.3 Å². The van der Waals surface area contributed by atoms with Gasteiger partial charge in [0.2, 0.25) is 11.8 Å². The molecule has 0 radical (unpaired) electrons. The molecular weight excluding hydrogens is 296 g/mol. The molecule has 3 rings (SSSR count). The van der Waals surface area contributed by atoms with E-state index in [1.165, 1.54) is 0 Å². The molecule has 0 saturated carbocycles. The maximum Gasteiger partial charge on any atom is 0.232 e. The smallest absolute Gasteiger partial charge is 0.232 e. The molecule has 2 aliphatic heterocycles. The van der Waals surface area contributed by atoms with Gasteiger partial charge in [0.15, 0.2) is 0 Å². The Hall–Kier alpha value is -1.73. The molecule has 3 heterocycles. The minimum Gasteiger partial charge on any atom is -0.473 e. The number of hydrogen-bond donors (Lipinski definition) is 0. The summed E-state index contributed by atoms with van der Waals surface area (Å²) in [5.41, 5.74) is -0.237. The fourth-order valence-corrected chi connectivity index (χ4v) is 3.12. The maximum atomic E-state index is 12.1. The van der Waals surface area contributed by atoms with Gasteiger partial charge in [0, 0.05) is 38.2 Å². The molecule has 1 unspecified atom stereocenters. The topological polar surface area (TPSA) is 67.8 Å². The molecule has 2 fully saturated rings. The largest absolute Gasteiger partial charge is 0.473 e. The van der Waals surface area contributed by atoms with Gasteiger partial charge in [-0.05, 0) is 14.1 Å². The summed E-state index contributed by atoms with van der Waals surface area (Å²) in [6, 6.07) is 0. The normalized spacial score (nSPS) is 22.9. The third kappa shape index (κ3) is 3.97. The zero-order chi connectivity index (χ0) is 16.3. The van der Waals surface area contributed by atoms with Crippen molar-refractivity contribution < 1.29 is 14.3 Å². The second-order valence-corrected chi connectivity index (χ2v) is 6.61. The molecule has 0 aromatic carbocycles. The van der Waals surface area contributed by atoms with Crippen molar-refractivity contribution in [2.75, 3.05) is 40.3 Å². The Morgan fingerprint density at radius 3 is 3.00 bits per heavy atom. The highest BCUT2D eigenvalue weighted by Crippen LogP contribution is 2.35. The van der Waals surface area contributed by atoms with E-state index in [0.29, 0.717) is 32.0 Å². The first-order valence-corrected chi connectivity index (χ1v) is 8.05. The third-order valence-corrected chi connectivity index (χ3v) is 4.36. The number of aromatic nitrogens is 2. The first-order valence-electron chi connectivity index (χ1n) is 8.05. The lowest BCUT2D eigenvalue weighted by Crippen LogP contribution is -2.67. The molecule has 23 heavy (non-hydrogen) atoms. The summed E-state index contributed by atoms with van der Waals surface area (Å²) in [5, 5.41) is 0. The number of hydrogen-bond acceptors (Lipinski definition) is 6.